The molecule has 17 heavy (non-hydrogen) atoms. The normalized spacial score (nSPS) is 26.7. The van der Waals surface area contributed by atoms with Gasteiger partial charge in [0.15, 0.2) is 0 Å². The van der Waals surface area contributed by atoms with Gasteiger partial charge < -0.3 is 16.8 Å². The van der Waals surface area contributed by atoms with Crippen LogP contribution >= 0.6 is 0 Å². The lowest BCUT2D eigenvalue weighted by Crippen LogP contribution is -2.57. The zero-order valence-electron chi connectivity index (χ0n) is 11.5. The van der Waals surface area contributed by atoms with Crippen LogP contribution in [-0.4, -0.2) is 23.5 Å². The first kappa shape index (κ1) is 14.5. The van der Waals surface area contributed by atoms with E-state index in [0.29, 0.717) is 6.04 Å². The molecule has 0 saturated heterocycles. The van der Waals surface area contributed by atoms with Crippen LogP contribution in [0.1, 0.15) is 53.4 Å². The molecule has 1 rings (SSSR count). The fourth-order valence-electron chi connectivity index (χ4n) is 1.92. The van der Waals surface area contributed by atoms with Gasteiger partial charge in [-0.3, -0.25) is 4.79 Å². The fourth-order valence-corrected chi connectivity index (χ4v) is 1.92. The van der Waals surface area contributed by atoms with E-state index in [-0.39, 0.29) is 11.9 Å². The molecule has 5 N–H and O–H groups in total. The molecule has 0 heterocycles. The van der Waals surface area contributed by atoms with Crippen molar-refractivity contribution < 1.29 is 4.79 Å². The minimum Gasteiger partial charge on any atom is -0.353 e. The Kier molecular flexibility index (Phi) is 4.20. The smallest absolute Gasteiger partial charge is 0.227 e. The summed E-state index contributed by atoms with van der Waals surface area (Å²) in [6, 6.07) is 0.575. The predicted octanol–water partition coefficient (Wildman–Crippen LogP) is 1.14. The highest BCUT2D eigenvalue weighted by Crippen LogP contribution is 2.29. The van der Waals surface area contributed by atoms with Gasteiger partial charge in [-0.25, -0.2) is 0 Å². The van der Waals surface area contributed by atoms with Crippen LogP contribution in [0.3, 0.4) is 0 Å². The highest BCUT2D eigenvalue weighted by atomic mass is 16.2. The molecule has 100 valence electrons. The summed E-state index contributed by atoms with van der Waals surface area (Å²) < 4.78 is 0. The van der Waals surface area contributed by atoms with Gasteiger partial charge in [-0.2, -0.15) is 0 Å². The van der Waals surface area contributed by atoms with E-state index in [4.69, 9.17) is 11.5 Å². The Morgan fingerprint density at radius 3 is 2.00 bits per heavy atom. The third-order valence-electron chi connectivity index (χ3n) is 4.29. The maximum atomic E-state index is 12.2. The van der Waals surface area contributed by atoms with E-state index in [0.717, 1.165) is 25.7 Å². The first-order chi connectivity index (χ1) is 7.64. The van der Waals surface area contributed by atoms with Crippen molar-refractivity contribution in [2.24, 2.45) is 16.9 Å². The summed E-state index contributed by atoms with van der Waals surface area (Å²) in [6.07, 6.45) is 3.96. The van der Waals surface area contributed by atoms with E-state index in [9.17, 15) is 4.79 Å². The molecule has 0 aliphatic heterocycles. The molecule has 0 aromatic rings. The zero-order valence-corrected chi connectivity index (χ0v) is 11.5. The molecule has 1 amide bonds. The van der Waals surface area contributed by atoms with Gasteiger partial charge in [-0.1, -0.05) is 0 Å². The standard InChI is InChI=1S/C13H27N3O/c1-12(2,13(3,4)15)11(17)16-10-7-5-9(14)6-8-10/h9-10H,5-8,14-15H2,1-4H3,(H,16,17). The first-order valence-corrected chi connectivity index (χ1v) is 6.50. The van der Waals surface area contributed by atoms with Gasteiger partial charge in [-0.05, 0) is 53.4 Å². The summed E-state index contributed by atoms with van der Waals surface area (Å²) in [5.41, 5.74) is 10.8. The van der Waals surface area contributed by atoms with Gasteiger partial charge in [0.1, 0.15) is 0 Å². The van der Waals surface area contributed by atoms with Crippen molar-refractivity contribution in [3.63, 3.8) is 0 Å². The van der Waals surface area contributed by atoms with Gasteiger partial charge >= 0.3 is 0 Å². The Morgan fingerprint density at radius 2 is 1.59 bits per heavy atom. The molecule has 0 aromatic heterocycles. The molecule has 1 aliphatic rings. The lowest BCUT2D eigenvalue weighted by molar-refractivity contribution is -0.133. The topological polar surface area (TPSA) is 81.1 Å². The second-order valence-corrected chi connectivity index (χ2v) is 6.43. The Balaban J connectivity index is 2.55. The first-order valence-electron chi connectivity index (χ1n) is 6.50. The largest absolute Gasteiger partial charge is 0.353 e. The van der Waals surface area contributed by atoms with Gasteiger partial charge in [0.05, 0.1) is 5.41 Å². The number of amides is 1. The number of nitrogens with two attached hydrogens (primary N) is 2. The van der Waals surface area contributed by atoms with E-state index in [2.05, 4.69) is 5.32 Å². The number of carbonyl (C=O) groups excluding carboxylic acids is 1. The second kappa shape index (κ2) is 4.94. The van der Waals surface area contributed by atoms with Crippen LogP contribution in [0.25, 0.3) is 0 Å². The van der Waals surface area contributed by atoms with E-state index in [1.165, 1.54) is 0 Å². The van der Waals surface area contributed by atoms with Crippen LogP contribution in [0, 0.1) is 5.41 Å². The summed E-state index contributed by atoms with van der Waals surface area (Å²) >= 11 is 0. The predicted molar refractivity (Wildman–Crippen MR) is 70.4 cm³/mol. The fraction of sp³-hybridized carbons (Fsp3) is 0.923. The molecule has 0 spiro atoms. The van der Waals surface area contributed by atoms with Crippen molar-refractivity contribution in [1.82, 2.24) is 5.32 Å². The number of rotatable bonds is 3. The SMILES string of the molecule is CC(C)(N)C(C)(C)C(=O)NC1CCC(N)CC1. The Morgan fingerprint density at radius 1 is 1.12 bits per heavy atom. The number of carbonyl (C=O) groups is 1. The van der Waals surface area contributed by atoms with E-state index in [1.54, 1.807) is 0 Å². The van der Waals surface area contributed by atoms with Crippen molar-refractivity contribution >= 4 is 5.91 Å². The van der Waals surface area contributed by atoms with Crippen LogP contribution in [-0.2, 0) is 4.79 Å². The second-order valence-electron chi connectivity index (χ2n) is 6.43. The molecule has 1 fully saturated rings. The molecule has 1 saturated carbocycles. The van der Waals surface area contributed by atoms with Crippen LogP contribution in [0.5, 0.6) is 0 Å². The highest BCUT2D eigenvalue weighted by molar-refractivity contribution is 5.83. The van der Waals surface area contributed by atoms with E-state index < -0.39 is 11.0 Å². The van der Waals surface area contributed by atoms with Crippen molar-refractivity contribution in [1.29, 1.82) is 0 Å². The van der Waals surface area contributed by atoms with Crippen LogP contribution in [0.15, 0.2) is 0 Å². The summed E-state index contributed by atoms with van der Waals surface area (Å²) in [6.45, 7) is 7.58. The average molecular weight is 241 g/mol. The third kappa shape index (κ3) is 3.42. The molecule has 4 nitrogen and oxygen atoms in total. The van der Waals surface area contributed by atoms with Gasteiger partial charge in [-0.15, -0.1) is 0 Å². The minimum absolute atomic E-state index is 0.0467. The Bertz CT molecular complexity index is 273. The number of hydrogen-bond acceptors (Lipinski definition) is 3. The maximum Gasteiger partial charge on any atom is 0.227 e. The van der Waals surface area contributed by atoms with Crippen LogP contribution in [0.2, 0.25) is 0 Å². The van der Waals surface area contributed by atoms with Crippen molar-refractivity contribution in [3.05, 3.63) is 0 Å². The van der Waals surface area contributed by atoms with Crippen LogP contribution in [0.4, 0.5) is 0 Å². The summed E-state index contributed by atoms with van der Waals surface area (Å²) in [5.74, 6) is 0.0467. The average Bonchev–Trinajstić information content (AvgIpc) is 2.19. The molecule has 0 aromatic carbocycles. The summed E-state index contributed by atoms with van der Waals surface area (Å²) in [5, 5.41) is 3.11. The molecule has 0 atom stereocenters. The van der Waals surface area contributed by atoms with Crippen molar-refractivity contribution in [3.8, 4) is 0 Å². The summed E-state index contributed by atoms with van der Waals surface area (Å²) in [7, 11) is 0. The van der Waals surface area contributed by atoms with Gasteiger partial charge in [0.25, 0.3) is 0 Å². The highest BCUT2D eigenvalue weighted by Gasteiger charge is 2.41. The zero-order chi connectivity index (χ0) is 13.3. The monoisotopic (exact) mass is 241 g/mol. The quantitative estimate of drug-likeness (QED) is 0.693. The molecule has 4 heteroatoms. The van der Waals surface area contributed by atoms with Crippen molar-refractivity contribution in [2.45, 2.75) is 71.0 Å². The lowest BCUT2D eigenvalue weighted by atomic mass is 9.74. The molecule has 0 unspecified atom stereocenters. The molecular weight excluding hydrogens is 214 g/mol. The van der Waals surface area contributed by atoms with Crippen molar-refractivity contribution in [2.75, 3.05) is 0 Å². The van der Waals surface area contributed by atoms with Crippen LogP contribution < -0.4 is 16.8 Å². The molecule has 0 bridgehead atoms. The molecule has 0 radical (unpaired) electrons. The van der Waals surface area contributed by atoms with Gasteiger partial charge in [0, 0.05) is 17.6 Å². The number of hydrogen-bond donors (Lipinski definition) is 3. The minimum atomic E-state index is -0.563. The third-order valence-corrected chi connectivity index (χ3v) is 4.29. The lowest BCUT2D eigenvalue weighted by Gasteiger charge is -2.39. The van der Waals surface area contributed by atoms with Gasteiger partial charge in [0.2, 0.25) is 5.91 Å². The Hall–Kier alpha value is -0.610. The molecule has 1 aliphatic carbocycles. The summed E-state index contributed by atoms with van der Waals surface area (Å²) in [4.78, 5) is 12.2. The van der Waals surface area contributed by atoms with E-state index in [1.807, 2.05) is 27.7 Å². The molecular formula is C13H27N3O. The maximum absolute atomic E-state index is 12.2. The Labute approximate surface area is 105 Å². The number of nitrogens with one attached hydrogen (secondary N) is 1. The van der Waals surface area contributed by atoms with E-state index >= 15 is 0 Å².